The molecule has 1 heterocycles. The molecular formula is C27H36N2. The average molecular weight is 389 g/mol. The number of para-hydroxylation sites is 2. The molecular weight excluding hydrogens is 352 g/mol. The molecule has 3 aromatic rings. The molecule has 0 aliphatic heterocycles. The van der Waals surface area contributed by atoms with Crippen LogP contribution in [0.3, 0.4) is 0 Å². The van der Waals surface area contributed by atoms with Crippen LogP contribution in [0.2, 0.25) is 0 Å². The quantitative estimate of drug-likeness (QED) is 0.413. The molecule has 0 saturated heterocycles. The SMILES string of the molecule is CC(C)Cc1ccc(C(C)c2nc3ccccc3n2CCC2CCCCC2)cc1. The molecule has 1 saturated carbocycles. The normalized spacial score (nSPS) is 16.6. The first-order chi connectivity index (χ1) is 14.1. The van der Waals surface area contributed by atoms with Gasteiger partial charge in [0.05, 0.1) is 11.0 Å². The minimum absolute atomic E-state index is 0.307. The smallest absolute Gasteiger partial charge is 0.117 e. The minimum atomic E-state index is 0.307. The second kappa shape index (κ2) is 9.15. The third kappa shape index (κ3) is 4.74. The number of nitrogens with zero attached hydrogens (tertiary/aromatic N) is 2. The predicted octanol–water partition coefficient (Wildman–Crippen LogP) is 7.36. The van der Waals surface area contributed by atoms with Gasteiger partial charge in [-0.3, -0.25) is 0 Å². The summed E-state index contributed by atoms with van der Waals surface area (Å²) in [5.41, 5.74) is 5.23. The summed E-state index contributed by atoms with van der Waals surface area (Å²) >= 11 is 0. The summed E-state index contributed by atoms with van der Waals surface area (Å²) in [4.78, 5) is 5.09. The summed E-state index contributed by atoms with van der Waals surface area (Å²) in [7, 11) is 0. The lowest BCUT2D eigenvalue weighted by atomic mass is 9.87. The van der Waals surface area contributed by atoms with E-state index in [-0.39, 0.29) is 0 Å². The molecule has 2 heteroatoms. The molecule has 1 aliphatic carbocycles. The van der Waals surface area contributed by atoms with Crippen LogP contribution in [0.1, 0.15) is 82.2 Å². The molecule has 0 bridgehead atoms. The first-order valence-corrected chi connectivity index (χ1v) is 11.7. The van der Waals surface area contributed by atoms with Crippen LogP contribution in [0.15, 0.2) is 48.5 Å². The summed E-state index contributed by atoms with van der Waals surface area (Å²) in [6, 6.07) is 17.9. The Hall–Kier alpha value is -2.09. The molecule has 0 radical (unpaired) electrons. The number of rotatable bonds is 7. The maximum atomic E-state index is 5.09. The molecule has 1 unspecified atom stereocenters. The summed E-state index contributed by atoms with van der Waals surface area (Å²) in [6.45, 7) is 7.97. The summed E-state index contributed by atoms with van der Waals surface area (Å²) in [6.07, 6.45) is 9.52. The Balaban J connectivity index is 1.59. The van der Waals surface area contributed by atoms with Gasteiger partial charge in [-0.25, -0.2) is 4.98 Å². The zero-order valence-electron chi connectivity index (χ0n) is 18.4. The van der Waals surface area contributed by atoms with Gasteiger partial charge in [0.25, 0.3) is 0 Å². The first-order valence-electron chi connectivity index (χ1n) is 11.7. The van der Waals surface area contributed by atoms with Crippen LogP contribution >= 0.6 is 0 Å². The Morgan fingerprint density at radius 2 is 1.66 bits per heavy atom. The highest BCUT2D eigenvalue weighted by Gasteiger charge is 2.20. The number of imidazole rings is 1. The summed E-state index contributed by atoms with van der Waals surface area (Å²) in [5.74, 6) is 3.12. The predicted molar refractivity (Wildman–Crippen MR) is 123 cm³/mol. The molecule has 29 heavy (non-hydrogen) atoms. The standard InChI is InChI=1S/C27H36N2/c1-20(2)19-23-13-15-24(16-14-23)21(3)27-28-25-11-7-8-12-26(25)29(27)18-17-22-9-5-4-6-10-22/h7-8,11-16,20-22H,4-6,9-10,17-19H2,1-3H3. The van der Waals surface area contributed by atoms with Gasteiger partial charge in [-0.15, -0.1) is 0 Å². The van der Waals surface area contributed by atoms with E-state index in [1.165, 1.54) is 61.0 Å². The van der Waals surface area contributed by atoms with Crippen LogP contribution in [0.4, 0.5) is 0 Å². The molecule has 2 nitrogen and oxygen atoms in total. The Bertz CT molecular complexity index is 913. The summed E-state index contributed by atoms with van der Waals surface area (Å²) in [5, 5.41) is 0. The van der Waals surface area contributed by atoms with Crippen molar-refractivity contribution in [2.45, 2.75) is 78.2 Å². The van der Waals surface area contributed by atoms with E-state index in [4.69, 9.17) is 4.98 Å². The zero-order valence-corrected chi connectivity index (χ0v) is 18.4. The van der Waals surface area contributed by atoms with Gasteiger partial charge in [-0.1, -0.05) is 89.3 Å². The van der Waals surface area contributed by atoms with Crippen molar-refractivity contribution < 1.29 is 0 Å². The van der Waals surface area contributed by atoms with Gasteiger partial charge in [0.2, 0.25) is 0 Å². The molecule has 2 aromatic carbocycles. The van der Waals surface area contributed by atoms with Crippen molar-refractivity contribution >= 4 is 11.0 Å². The second-order valence-electron chi connectivity index (χ2n) is 9.46. The molecule has 0 spiro atoms. The van der Waals surface area contributed by atoms with Gasteiger partial charge in [0.15, 0.2) is 0 Å². The van der Waals surface area contributed by atoms with E-state index in [1.807, 2.05) is 0 Å². The van der Waals surface area contributed by atoms with E-state index in [9.17, 15) is 0 Å². The second-order valence-corrected chi connectivity index (χ2v) is 9.46. The fourth-order valence-corrected chi connectivity index (χ4v) is 5.01. The van der Waals surface area contributed by atoms with Crippen LogP contribution in [0.5, 0.6) is 0 Å². The number of hydrogen-bond donors (Lipinski definition) is 0. The number of aromatic nitrogens is 2. The third-order valence-corrected chi connectivity index (χ3v) is 6.68. The maximum absolute atomic E-state index is 5.09. The van der Waals surface area contributed by atoms with E-state index >= 15 is 0 Å². The molecule has 4 rings (SSSR count). The third-order valence-electron chi connectivity index (χ3n) is 6.68. The Labute approximate surface area is 176 Å². The van der Waals surface area contributed by atoms with Gasteiger partial charge in [0.1, 0.15) is 5.82 Å². The van der Waals surface area contributed by atoms with Gasteiger partial charge < -0.3 is 4.57 Å². The van der Waals surface area contributed by atoms with Crippen molar-refractivity contribution in [3.05, 3.63) is 65.5 Å². The monoisotopic (exact) mass is 388 g/mol. The van der Waals surface area contributed by atoms with E-state index in [0.717, 1.165) is 24.4 Å². The lowest BCUT2D eigenvalue weighted by Crippen LogP contribution is -2.13. The van der Waals surface area contributed by atoms with Crippen molar-refractivity contribution in [2.24, 2.45) is 11.8 Å². The lowest BCUT2D eigenvalue weighted by molar-refractivity contribution is 0.323. The van der Waals surface area contributed by atoms with Crippen molar-refractivity contribution in [2.75, 3.05) is 0 Å². The van der Waals surface area contributed by atoms with Crippen LogP contribution in [0.25, 0.3) is 11.0 Å². The largest absolute Gasteiger partial charge is 0.327 e. The molecule has 1 fully saturated rings. The number of aryl methyl sites for hydroxylation is 1. The molecule has 1 aliphatic rings. The van der Waals surface area contributed by atoms with Crippen LogP contribution in [-0.2, 0) is 13.0 Å². The van der Waals surface area contributed by atoms with Crippen molar-refractivity contribution in [1.29, 1.82) is 0 Å². The van der Waals surface area contributed by atoms with E-state index < -0.39 is 0 Å². The maximum Gasteiger partial charge on any atom is 0.117 e. The molecule has 1 atom stereocenters. The summed E-state index contributed by atoms with van der Waals surface area (Å²) < 4.78 is 2.51. The van der Waals surface area contributed by atoms with E-state index in [2.05, 4.69) is 73.9 Å². The first kappa shape index (κ1) is 20.2. The van der Waals surface area contributed by atoms with E-state index in [1.54, 1.807) is 0 Å². The number of hydrogen-bond acceptors (Lipinski definition) is 1. The lowest BCUT2D eigenvalue weighted by Gasteiger charge is -2.23. The van der Waals surface area contributed by atoms with Gasteiger partial charge >= 0.3 is 0 Å². The highest BCUT2D eigenvalue weighted by atomic mass is 15.1. The van der Waals surface area contributed by atoms with Crippen molar-refractivity contribution in [3.63, 3.8) is 0 Å². The Morgan fingerprint density at radius 3 is 2.38 bits per heavy atom. The Morgan fingerprint density at radius 1 is 0.931 bits per heavy atom. The number of benzene rings is 2. The fourth-order valence-electron chi connectivity index (χ4n) is 5.01. The molecule has 0 N–H and O–H groups in total. The van der Waals surface area contributed by atoms with Crippen LogP contribution in [-0.4, -0.2) is 9.55 Å². The topological polar surface area (TPSA) is 17.8 Å². The molecule has 1 aromatic heterocycles. The van der Waals surface area contributed by atoms with Gasteiger partial charge in [-0.05, 0) is 47.9 Å². The van der Waals surface area contributed by atoms with Crippen LogP contribution < -0.4 is 0 Å². The average Bonchev–Trinajstić information content (AvgIpc) is 3.11. The Kier molecular flexibility index (Phi) is 6.37. The molecule has 0 amide bonds. The highest BCUT2D eigenvalue weighted by molar-refractivity contribution is 5.76. The van der Waals surface area contributed by atoms with Crippen molar-refractivity contribution in [3.8, 4) is 0 Å². The van der Waals surface area contributed by atoms with Gasteiger partial charge in [0, 0.05) is 12.5 Å². The molecule has 154 valence electrons. The van der Waals surface area contributed by atoms with Crippen LogP contribution in [0, 0.1) is 11.8 Å². The zero-order chi connectivity index (χ0) is 20.2. The number of fused-ring (bicyclic) bond motifs is 1. The van der Waals surface area contributed by atoms with E-state index in [0.29, 0.717) is 11.8 Å². The minimum Gasteiger partial charge on any atom is -0.327 e. The fraction of sp³-hybridized carbons (Fsp3) is 0.519. The van der Waals surface area contributed by atoms with Gasteiger partial charge in [-0.2, -0.15) is 0 Å². The highest BCUT2D eigenvalue weighted by Crippen LogP contribution is 2.31. The van der Waals surface area contributed by atoms with Crippen molar-refractivity contribution in [1.82, 2.24) is 9.55 Å².